The number of hydrogen-bond donors (Lipinski definition) is 1. The molecule has 14 heteroatoms. The van der Waals surface area contributed by atoms with Crippen molar-refractivity contribution in [1.29, 1.82) is 0 Å². The zero-order valence-electron chi connectivity index (χ0n) is 17.5. The molecule has 3 rings (SSSR count). The molecule has 1 unspecified atom stereocenters. The fourth-order valence-corrected chi connectivity index (χ4v) is 2.99. The third-order valence-corrected chi connectivity index (χ3v) is 4.54. The van der Waals surface area contributed by atoms with E-state index in [9.17, 15) is 39.9 Å². The second-order valence-corrected chi connectivity index (χ2v) is 7.04. The van der Waals surface area contributed by atoms with Gasteiger partial charge in [0.15, 0.2) is 0 Å². The van der Waals surface area contributed by atoms with Crippen molar-refractivity contribution in [3.05, 3.63) is 71.3 Å². The van der Waals surface area contributed by atoms with Gasteiger partial charge in [0.05, 0.1) is 34.8 Å². The summed E-state index contributed by atoms with van der Waals surface area (Å²) in [4.78, 5) is 24.6. The first-order valence-corrected chi connectivity index (χ1v) is 9.58. The minimum atomic E-state index is -5.12. The summed E-state index contributed by atoms with van der Waals surface area (Å²) in [5.74, 6) is -1.46. The lowest BCUT2D eigenvalue weighted by atomic mass is 10.0. The Hall–Kier alpha value is -3.84. The first-order chi connectivity index (χ1) is 16.3. The Morgan fingerprint density at radius 1 is 0.914 bits per heavy atom. The summed E-state index contributed by atoms with van der Waals surface area (Å²) in [5, 5.41) is 2.29. The number of alkyl halides is 8. The maximum absolute atomic E-state index is 13.1. The molecule has 1 amide bonds. The highest BCUT2D eigenvalue weighted by Crippen LogP contribution is 2.36. The Morgan fingerprint density at radius 2 is 1.51 bits per heavy atom. The van der Waals surface area contributed by atoms with E-state index in [0.717, 1.165) is 6.20 Å². The summed E-state index contributed by atoms with van der Waals surface area (Å²) in [6, 6.07) is 1.93. The largest absolute Gasteiger partial charge is 0.433 e. The standard InChI is InChI=1S/C21H14F8N4O2/c1-10(16-17(31-5-4-30-16)15-3-2-14(9-32-15)35-19(22)23)33-18(34)11-6-12(20(24,25)26)8-13(7-11)21(27,28)29/h2-10,19H,1H3,(H,33,34). The van der Waals surface area contributed by atoms with Crippen LogP contribution in [0.2, 0.25) is 0 Å². The summed E-state index contributed by atoms with van der Waals surface area (Å²) in [7, 11) is 0. The molecular weight excluding hydrogens is 492 g/mol. The predicted molar refractivity (Wildman–Crippen MR) is 104 cm³/mol. The molecule has 2 aromatic heterocycles. The first kappa shape index (κ1) is 25.8. The van der Waals surface area contributed by atoms with Gasteiger partial charge in [-0.3, -0.25) is 19.7 Å². The minimum absolute atomic E-state index is 0.0684. The molecule has 0 aliphatic rings. The maximum Gasteiger partial charge on any atom is 0.416 e. The number of hydrogen-bond acceptors (Lipinski definition) is 5. The van der Waals surface area contributed by atoms with Crippen molar-refractivity contribution in [2.24, 2.45) is 0 Å². The fourth-order valence-electron chi connectivity index (χ4n) is 2.99. The monoisotopic (exact) mass is 506 g/mol. The van der Waals surface area contributed by atoms with Gasteiger partial charge in [-0.05, 0) is 37.3 Å². The van der Waals surface area contributed by atoms with Gasteiger partial charge >= 0.3 is 19.0 Å². The number of ether oxygens (including phenoxy) is 1. The van der Waals surface area contributed by atoms with Gasteiger partial charge in [0.1, 0.15) is 11.4 Å². The molecule has 0 fully saturated rings. The van der Waals surface area contributed by atoms with Gasteiger partial charge in [0.25, 0.3) is 5.91 Å². The summed E-state index contributed by atoms with van der Waals surface area (Å²) in [6.07, 6.45) is -6.75. The van der Waals surface area contributed by atoms with Gasteiger partial charge in [-0.15, -0.1) is 0 Å². The number of nitrogens with one attached hydrogen (secondary N) is 1. The Bertz CT molecular complexity index is 1160. The highest BCUT2D eigenvalue weighted by molar-refractivity contribution is 5.95. The average molecular weight is 506 g/mol. The van der Waals surface area contributed by atoms with Gasteiger partial charge in [0, 0.05) is 18.0 Å². The van der Waals surface area contributed by atoms with Crippen molar-refractivity contribution in [1.82, 2.24) is 20.3 Å². The molecule has 1 atom stereocenters. The van der Waals surface area contributed by atoms with E-state index in [-0.39, 0.29) is 28.9 Å². The zero-order valence-corrected chi connectivity index (χ0v) is 17.5. The molecule has 0 saturated carbocycles. The average Bonchev–Trinajstić information content (AvgIpc) is 2.77. The van der Waals surface area contributed by atoms with Crippen LogP contribution in [-0.4, -0.2) is 27.5 Å². The Labute approximate surface area is 192 Å². The van der Waals surface area contributed by atoms with E-state index in [1.807, 2.05) is 0 Å². The van der Waals surface area contributed by atoms with E-state index >= 15 is 0 Å². The second-order valence-electron chi connectivity index (χ2n) is 7.04. The lowest BCUT2D eigenvalue weighted by molar-refractivity contribution is -0.143. The summed E-state index contributed by atoms with van der Waals surface area (Å²) in [6.45, 7) is -1.70. The van der Waals surface area contributed by atoms with E-state index in [1.165, 1.54) is 31.5 Å². The lowest BCUT2D eigenvalue weighted by Gasteiger charge is -2.18. The van der Waals surface area contributed by atoms with E-state index in [0.29, 0.717) is 12.1 Å². The van der Waals surface area contributed by atoms with Crippen LogP contribution >= 0.6 is 0 Å². The molecule has 186 valence electrons. The fraction of sp³-hybridized carbons (Fsp3) is 0.238. The van der Waals surface area contributed by atoms with Crippen molar-refractivity contribution >= 4 is 5.91 Å². The summed E-state index contributed by atoms with van der Waals surface area (Å²) in [5.41, 5.74) is -3.85. The zero-order chi connectivity index (χ0) is 26.0. The van der Waals surface area contributed by atoms with Crippen LogP contribution in [0.5, 0.6) is 5.75 Å². The smallest absolute Gasteiger partial charge is 0.416 e. The van der Waals surface area contributed by atoms with Crippen LogP contribution in [0.1, 0.15) is 40.1 Å². The van der Waals surface area contributed by atoms with E-state index in [4.69, 9.17) is 0 Å². The van der Waals surface area contributed by atoms with E-state index in [2.05, 4.69) is 25.0 Å². The van der Waals surface area contributed by atoms with Crippen molar-refractivity contribution < 1.29 is 44.7 Å². The highest BCUT2D eigenvalue weighted by Gasteiger charge is 2.37. The molecule has 1 aromatic carbocycles. The maximum atomic E-state index is 13.1. The number of rotatable bonds is 6. The van der Waals surface area contributed by atoms with Crippen LogP contribution in [0.25, 0.3) is 11.4 Å². The van der Waals surface area contributed by atoms with Gasteiger partial charge in [-0.2, -0.15) is 35.1 Å². The molecular formula is C21H14F8N4O2. The Morgan fingerprint density at radius 3 is 2.03 bits per heavy atom. The number of nitrogens with zero attached hydrogens (tertiary/aromatic N) is 3. The second kappa shape index (κ2) is 9.80. The van der Waals surface area contributed by atoms with Gasteiger partial charge in [-0.1, -0.05) is 0 Å². The van der Waals surface area contributed by atoms with Gasteiger partial charge < -0.3 is 10.1 Å². The summed E-state index contributed by atoms with van der Waals surface area (Å²) < 4.78 is 107. The number of aromatic nitrogens is 3. The number of pyridine rings is 1. The SMILES string of the molecule is CC(NC(=O)c1cc(C(F)(F)F)cc(C(F)(F)F)c1)c1nccnc1-c1ccc(OC(F)F)cn1. The van der Waals surface area contributed by atoms with Crippen molar-refractivity contribution in [3.63, 3.8) is 0 Å². The van der Waals surface area contributed by atoms with Crippen LogP contribution < -0.4 is 10.1 Å². The number of carbonyl (C=O) groups is 1. The van der Waals surface area contributed by atoms with Crippen LogP contribution in [-0.2, 0) is 12.4 Å². The molecule has 0 spiro atoms. The van der Waals surface area contributed by atoms with Gasteiger partial charge in [-0.25, -0.2) is 0 Å². The molecule has 0 radical (unpaired) electrons. The Balaban J connectivity index is 1.90. The van der Waals surface area contributed by atoms with Crippen LogP contribution in [0.15, 0.2) is 48.9 Å². The van der Waals surface area contributed by atoms with Crippen molar-refractivity contribution in [2.45, 2.75) is 31.9 Å². The number of halogens is 8. The normalized spacial score (nSPS) is 13.0. The topological polar surface area (TPSA) is 77.0 Å². The van der Waals surface area contributed by atoms with Crippen LogP contribution in [0, 0.1) is 0 Å². The van der Waals surface area contributed by atoms with Crippen LogP contribution in [0.3, 0.4) is 0 Å². The third-order valence-electron chi connectivity index (χ3n) is 4.54. The van der Waals surface area contributed by atoms with E-state index in [1.54, 1.807) is 0 Å². The molecule has 35 heavy (non-hydrogen) atoms. The molecule has 2 heterocycles. The van der Waals surface area contributed by atoms with Crippen molar-refractivity contribution in [2.75, 3.05) is 0 Å². The molecule has 0 aliphatic carbocycles. The molecule has 0 saturated heterocycles. The minimum Gasteiger partial charge on any atom is -0.433 e. The predicted octanol–water partition coefficient (Wildman–Crippen LogP) is 5.67. The number of amides is 1. The number of carbonyl (C=O) groups excluding carboxylic acids is 1. The van der Waals surface area contributed by atoms with Gasteiger partial charge in [0.2, 0.25) is 0 Å². The Kier molecular flexibility index (Phi) is 7.22. The highest BCUT2D eigenvalue weighted by atomic mass is 19.4. The van der Waals surface area contributed by atoms with Crippen LogP contribution in [0.4, 0.5) is 35.1 Å². The van der Waals surface area contributed by atoms with E-state index < -0.39 is 47.6 Å². The molecule has 6 nitrogen and oxygen atoms in total. The molecule has 0 aliphatic heterocycles. The molecule has 3 aromatic rings. The first-order valence-electron chi connectivity index (χ1n) is 9.58. The number of benzene rings is 1. The summed E-state index contributed by atoms with van der Waals surface area (Å²) >= 11 is 0. The molecule has 0 bridgehead atoms. The third kappa shape index (κ3) is 6.39. The lowest BCUT2D eigenvalue weighted by Crippen LogP contribution is -2.28. The quantitative estimate of drug-likeness (QED) is 0.436. The van der Waals surface area contributed by atoms with Crippen molar-refractivity contribution in [3.8, 4) is 17.1 Å². The molecule has 1 N–H and O–H groups in total.